The minimum atomic E-state index is 0.303. The third-order valence-electron chi connectivity index (χ3n) is 2.96. The van der Waals surface area contributed by atoms with Crippen molar-refractivity contribution in [3.8, 4) is 0 Å². The fourth-order valence-corrected chi connectivity index (χ4v) is 2.17. The number of imidazole rings is 1. The van der Waals surface area contributed by atoms with Crippen molar-refractivity contribution in [2.75, 3.05) is 19.6 Å². The molecule has 2 rings (SSSR count). The van der Waals surface area contributed by atoms with Gasteiger partial charge in [0.2, 0.25) is 0 Å². The Kier molecular flexibility index (Phi) is 2.84. The number of rotatable bonds is 3. The second-order valence-corrected chi connectivity index (χ2v) is 3.89. The van der Waals surface area contributed by atoms with Crippen LogP contribution in [0.1, 0.15) is 24.7 Å². The Bertz CT molecular complexity index is 288. The molecule has 1 atom stereocenters. The summed E-state index contributed by atoms with van der Waals surface area (Å²) in [6.07, 6.45) is 6.41. The average Bonchev–Trinajstić information content (AvgIpc) is 2.80. The summed E-state index contributed by atoms with van der Waals surface area (Å²) in [4.78, 5) is 6.81. The van der Waals surface area contributed by atoms with E-state index in [0.717, 1.165) is 18.9 Å². The largest absolute Gasteiger partial charge is 0.337 e. The van der Waals surface area contributed by atoms with Gasteiger partial charge in [-0.15, -0.1) is 0 Å². The number of aryl methyl sites for hydroxylation is 1. The van der Waals surface area contributed by atoms with Crippen LogP contribution in [-0.2, 0) is 7.05 Å². The fourth-order valence-electron chi connectivity index (χ4n) is 2.17. The Morgan fingerprint density at radius 1 is 1.50 bits per heavy atom. The van der Waals surface area contributed by atoms with E-state index in [2.05, 4.69) is 14.5 Å². The highest BCUT2D eigenvalue weighted by atomic mass is 15.2. The number of nitrogens with zero attached hydrogens (tertiary/aromatic N) is 3. The molecule has 1 aliphatic rings. The van der Waals surface area contributed by atoms with Crippen molar-refractivity contribution in [2.45, 2.75) is 18.9 Å². The van der Waals surface area contributed by atoms with E-state index >= 15 is 0 Å². The smallest absolute Gasteiger partial charge is 0.127 e. The summed E-state index contributed by atoms with van der Waals surface area (Å²) in [6, 6.07) is 0.303. The number of hydrogen-bond acceptors (Lipinski definition) is 3. The average molecular weight is 194 g/mol. The predicted molar refractivity (Wildman–Crippen MR) is 55.8 cm³/mol. The predicted octanol–water partition coefficient (Wildman–Crippen LogP) is 0.516. The molecule has 2 heterocycles. The van der Waals surface area contributed by atoms with Crippen molar-refractivity contribution in [1.82, 2.24) is 14.5 Å². The van der Waals surface area contributed by atoms with Gasteiger partial charge in [-0.25, -0.2) is 4.98 Å². The van der Waals surface area contributed by atoms with E-state index in [-0.39, 0.29) is 0 Å². The minimum Gasteiger partial charge on any atom is -0.337 e. The van der Waals surface area contributed by atoms with Crippen LogP contribution in [0.25, 0.3) is 0 Å². The third-order valence-corrected chi connectivity index (χ3v) is 2.96. The first-order valence-corrected chi connectivity index (χ1v) is 5.24. The van der Waals surface area contributed by atoms with Crippen molar-refractivity contribution >= 4 is 0 Å². The Morgan fingerprint density at radius 3 is 2.71 bits per heavy atom. The Labute approximate surface area is 84.7 Å². The molecule has 1 fully saturated rings. The van der Waals surface area contributed by atoms with E-state index in [0.29, 0.717) is 12.6 Å². The zero-order valence-corrected chi connectivity index (χ0v) is 8.69. The summed E-state index contributed by atoms with van der Waals surface area (Å²) in [5, 5.41) is 0. The van der Waals surface area contributed by atoms with Gasteiger partial charge in [0.25, 0.3) is 0 Å². The van der Waals surface area contributed by atoms with Crippen LogP contribution in [0.5, 0.6) is 0 Å². The number of hydrogen-bond donors (Lipinski definition) is 1. The lowest BCUT2D eigenvalue weighted by Gasteiger charge is -2.25. The zero-order valence-electron chi connectivity index (χ0n) is 8.69. The number of likely N-dealkylation sites (tertiary alicyclic amines) is 1. The lowest BCUT2D eigenvalue weighted by molar-refractivity contribution is 0.238. The molecule has 14 heavy (non-hydrogen) atoms. The summed E-state index contributed by atoms with van der Waals surface area (Å²) in [7, 11) is 2.03. The van der Waals surface area contributed by atoms with Crippen LogP contribution in [-0.4, -0.2) is 34.1 Å². The summed E-state index contributed by atoms with van der Waals surface area (Å²) in [6.45, 7) is 2.98. The normalized spacial score (nSPS) is 20.1. The zero-order chi connectivity index (χ0) is 9.97. The molecule has 1 saturated heterocycles. The van der Waals surface area contributed by atoms with E-state index in [1.54, 1.807) is 0 Å². The molecule has 4 nitrogen and oxygen atoms in total. The van der Waals surface area contributed by atoms with Crippen molar-refractivity contribution in [3.05, 3.63) is 18.2 Å². The second-order valence-electron chi connectivity index (χ2n) is 3.89. The van der Waals surface area contributed by atoms with Gasteiger partial charge in [-0.2, -0.15) is 0 Å². The third kappa shape index (κ3) is 1.67. The molecule has 0 saturated carbocycles. The van der Waals surface area contributed by atoms with E-state index < -0.39 is 0 Å². The molecule has 0 aromatic carbocycles. The van der Waals surface area contributed by atoms with Crippen LogP contribution in [0.4, 0.5) is 0 Å². The van der Waals surface area contributed by atoms with Crippen LogP contribution < -0.4 is 5.73 Å². The van der Waals surface area contributed by atoms with Crippen LogP contribution in [0.2, 0.25) is 0 Å². The quantitative estimate of drug-likeness (QED) is 0.763. The first kappa shape index (κ1) is 9.68. The summed E-state index contributed by atoms with van der Waals surface area (Å²) in [5.74, 6) is 1.09. The molecular weight excluding hydrogens is 176 g/mol. The molecule has 0 aliphatic carbocycles. The molecule has 4 heteroatoms. The van der Waals surface area contributed by atoms with Crippen LogP contribution >= 0.6 is 0 Å². The molecule has 78 valence electrons. The molecule has 0 spiro atoms. The topological polar surface area (TPSA) is 47.1 Å². The highest BCUT2D eigenvalue weighted by molar-refractivity contribution is 5.00. The molecule has 1 unspecified atom stereocenters. The fraction of sp³-hybridized carbons (Fsp3) is 0.700. The van der Waals surface area contributed by atoms with Crippen LogP contribution in [0, 0.1) is 0 Å². The molecule has 0 bridgehead atoms. The van der Waals surface area contributed by atoms with Gasteiger partial charge in [0, 0.05) is 26.0 Å². The SMILES string of the molecule is Cn1ccnc1C(CN)N1CCCC1. The van der Waals surface area contributed by atoms with Crippen molar-refractivity contribution in [1.29, 1.82) is 0 Å². The molecule has 1 aliphatic heterocycles. The van der Waals surface area contributed by atoms with Gasteiger partial charge in [0.15, 0.2) is 0 Å². The van der Waals surface area contributed by atoms with Crippen molar-refractivity contribution < 1.29 is 0 Å². The first-order valence-electron chi connectivity index (χ1n) is 5.24. The van der Waals surface area contributed by atoms with E-state index in [4.69, 9.17) is 5.73 Å². The van der Waals surface area contributed by atoms with E-state index in [1.807, 2.05) is 19.4 Å². The van der Waals surface area contributed by atoms with Crippen LogP contribution in [0.15, 0.2) is 12.4 Å². The van der Waals surface area contributed by atoms with E-state index in [9.17, 15) is 0 Å². The van der Waals surface area contributed by atoms with E-state index in [1.165, 1.54) is 12.8 Å². The highest BCUT2D eigenvalue weighted by Gasteiger charge is 2.24. The molecule has 0 amide bonds. The second kappa shape index (κ2) is 4.11. The van der Waals surface area contributed by atoms with Gasteiger partial charge < -0.3 is 10.3 Å². The van der Waals surface area contributed by atoms with Gasteiger partial charge >= 0.3 is 0 Å². The Morgan fingerprint density at radius 2 is 2.21 bits per heavy atom. The first-order chi connectivity index (χ1) is 6.83. The lowest BCUT2D eigenvalue weighted by Crippen LogP contribution is -2.33. The summed E-state index contributed by atoms with van der Waals surface area (Å²) < 4.78 is 2.07. The summed E-state index contributed by atoms with van der Waals surface area (Å²) >= 11 is 0. The van der Waals surface area contributed by atoms with Crippen LogP contribution in [0.3, 0.4) is 0 Å². The van der Waals surface area contributed by atoms with Gasteiger partial charge in [0.05, 0.1) is 6.04 Å². The monoisotopic (exact) mass is 194 g/mol. The van der Waals surface area contributed by atoms with Gasteiger partial charge in [-0.1, -0.05) is 0 Å². The molecule has 2 N–H and O–H groups in total. The maximum atomic E-state index is 5.82. The Balaban J connectivity index is 2.16. The van der Waals surface area contributed by atoms with Gasteiger partial charge in [0.1, 0.15) is 5.82 Å². The van der Waals surface area contributed by atoms with Crippen molar-refractivity contribution in [2.24, 2.45) is 12.8 Å². The van der Waals surface area contributed by atoms with Crippen molar-refractivity contribution in [3.63, 3.8) is 0 Å². The van der Waals surface area contributed by atoms with Gasteiger partial charge in [-0.05, 0) is 25.9 Å². The Hall–Kier alpha value is -0.870. The number of aromatic nitrogens is 2. The number of nitrogens with two attached hydrogens (primary N) is 1. The standard InChI is InChI=1S/C10H18N4/c1-13-7-4-12-10(13)9(8-11)14-5-2-3-6-14/h4,7,9H,2-3,5-6,8,11H2,1H3. The maximum Gasteiger partial charge on any atom is 0.127 e. The maximum absolute atomic E-state index is 5.82. The minimum absolute atomic E-state index is 0.303. The summed E-state index contributed by atoms with van der Waals surface area (Å²) in [5.41, 5.74) is 5.82. The molecule has 0 radical (unpaired) electrons. The van der Waals surface area contributed by atoms with Gasteiger partial charge in [-0.3, -0.25) is 4.90 Å². The highest BCUT2D eigenvalue weighted by Crippen LogP contribution is 2.22. The molecule has 1 aromatic heterocycles. The lowest BCUT2D eigenvalue weighted by atomic mass is 10.2. The molecule has 1 aromatic rings. The molecular formula is C10H18N4.